The number of thiazole rings is 1. The standard InChI is InChI=1S/C20H19NO4S/c1-13-4-8-15(10-17(13)25-18(11-23-2)20(22)24-3)19-21-16(12-26-19)9-7-14-5-6-14/h4,8,10-12,14H,5-6H2,1-3H3/b18-11-. The highest BCUT2D eigenvalue weighted by Crippen LogP contribution is 2.31. The first kappa shape index (κ1) is 18.0. The highest BCUT2D eigenvalue weighted by molar-refractivity contribution is 7.13. The van der Waals surface area contributed by atoms with Gasteiger partial charge < -0.3 is 14.2 Å². The number of aromatic nitrogens is 1. The zero-order valence-corrected chi connectivity index (χ0v) is 15.7. The van der Waals surface area contributed by atoms with Gasteiger partial charge >= 0.3 is 5.97 Å². The van der Waals surface area contributed by atoms with E-state index in [1.807, 2.05) is 30.5 Å². The van der Waals surface area contributed by atoms with Gasteiger partial charge in [-0.25, -0.2) is 9.78 Å². The fourth-order valence-electron chi connectivity index (χ4n) is 2.15. The van der Waals surface area contributed by atoms with Gasteiger partial charge in [-0.05, 0) is 37.3 Å². The van der Waals surface area contributed by atoms with Gasteiger partial charge in [-0.2, -0.15) is 0 Å². The molecule has 3 rings (SSSR count). The largest absolute Gasteiger partial charge is 0.500 e. The van der Waals surface area contributed by atoms with E-state index in [1.54, 1.807) is 0 Å². The van der Waals surface area contributed by atoms with Crippen molar-refractivity contribution in [3.63, 3.8) is 0 Å². The van der Waals surface area contributed by atoms with Gasteiger partial charge in [0.05, 0.1) is 14.2 Å². The lowest BCUT2D eigenvalue weighted by atomic mass is 10.1. The lowest BCUT2D eigenvalue weighted by Crippen LogP contribution is -2.11. The van der Waals surface area contributed by atoms with Gasteiger partial charge in [0.15, 0.2) is 0 Å². The van der Waals surface area contributed by atoms with Crippen molar-refractivity contribution < 1.29 is 19.0 Å². The van der Waals surface area contributed by atoms with Crippen molar-refractivity contribution >= 4 is 17.3 Å². The second-order valence-electron chi connectivity index (χ2n) is 5.87. The third-order valence-electron chi connectivity index (χ3n) is 3.75. The molecule has 1 aliphatic rings. The Morgan fingerprint density at radius 1 is 1.35 bits per heavy atom. The summed E-state index contributed by atoms with van der Waals surface area (Å²) in [7, 11) is 2.73. The second kappa shape index (κ2) is 8.07. The van der Waals surface area contributed by atoms with Crippen molar-refractivity contribution in [3.8, 4) is 28.2 Å². The van der Waals surface area contributed by atoms with Gasteiger partial charge in [0.2, 0.25) is 5.76 Å². The Bertz CT molecular complexity index is 900. The summed E-state index contributed by atoms with van der Waals surface area (Å²) >= 11 is 1.53. The molecule has 1 aliphatic carbocycles. The van der Waals surface area contributed by atoms with Crippen molar-refractivity contribution in [1.29, 1.82) is 0 Å². The zero-order valence-electron chi connectivity index (χ0n) is 14.9. The minimum atomic E-state index is -0.608. The molecule has 1 heterocycles. The topological polar surface area (TPSA) is 57.7 Å². The summed E-state index contributed by atoms with van der Waals surface area (Å²) in [5.74, 6) is 6.79. The number of carbonyl (C=O) groups excluding carboxylic acids is 1. The molecule has 0 radical (unpaired) electrons. The minimum absolute atomic E-state index is 0.0228. The van der Waals surface area contributed by atoms with Crippen molar-refractivity contribution in [2.24, 2.45) is 5.92 Å². The molecule has 0 spiro atoms. The summed E-state index contributed by atoms with van der Waals surface area (Å²) in [5.41, 5.74) is 2.57. The van der Waals surface area contributed by atoms with Crippen LogP contribution in [0, 0.1) is 24.7 Å². The van der Waals surface area contributed by atoms with Crippen LogP contribution in [0.3, 0.4) is 0 Å². The predicted molar refractivity (Wildman–Crippen MR) is 99.6 cm³/mol. The highest BCUT2D eigenvalue weighted by atomic mass is 32.1. The van der Waals surface area contributed by atoms with E-state index in [4.69, 9.17) is 14.2 Å². The molecule has 1 saturated carbocycles. The number of hydrogen-bond acceptors (Lipinski definition) is 6. The maximum atomic E-state index is 11.8. The summed E-state index contributed by atoms with van der Waals surface area (Å²) in [5, 5.41) is 2.81. The summed E-state index contributed by atoms with van der Waals surface area (Å²) in [6, 6.07) is 5.74. The fourth-order valence-corrected chi connectivity index (χ4v) is 2.90. The van der Waals surface area contributed by atoms with Gasteiger partial charge in [-0.1, -0.05) is 18.1 Å². The number of aryl methyl sites for hydroxylation is 1. The van der Waals surface area contributed by atoms with Crippen LogP contribution in [0.15, 0.2) is 35.6 Å². The molecule has 5 nitrogen and oxygen atoms in total. The lowest BCUT2D eigenvalue weighted by Gasteiger charge is -2.11. The Kier molecular flexibility index (Phi) is 5.59. The molecule has 6 heteroatoms. The number of benzene rings is 1. The molecule has 0 atom stereocenters. The van der Waals surface area contributed by atoms with Crippen LogP contribution >= 0.6 is 11.3 Å². The summed E-state index contributed by atoms with van der Waals surface area (Å²) in [4.78, 5) is 16.4. The van der Waals surface area contributed by atoms with Crippen LogP contribution in [0.25, 0.3) is 10.6 Å². The Labute approximate surface area is 156 Å². The number of rotatable bonds is 5. The molecule has 134 valence electrons. The Hall–Kier alpha value is -2.78. The summed E-state index contributed by atoms with van der Waals surface area (Å²) in [6.45, 7) is 1.90. The maximum absolute atomic E-state index is 11.8. The van der Waals surface area contributed by atoms with Crippen molar-refractivity contribution in [1.82, 2.24) is 4.98 Å². The quantitative estimate of drug-likeness (QED) is 0.346. The van der Waals surface area contributed by atoms with E-state index in [0.29, 0.717) is 11.7 Å². The molecule has 2 aromatic rings. The second-order valence-corrected chi connectivity index (χ2v) is 6.73. The summed E-state index contributed by atoms with van der Waals surface area (Å²) < 4.78 is 15.3. The van der Waals surface area contributed by atoms with Gasteiger partial charge in [-0.15, -0.1) is 11.3 Å². The van der Waals surface area contributed by atoms with Crippen LogP contribution in [0.1, 0.15) is 24.1 Å². The molecule has 0 aliphatic heterocycles. The van der Waals surface area contributed by atoms with Crippen LogP contribution in [-0.4, -0.2) is 25.2 Å². The number of esters is 1. The van der Waals surface area contributed by atoms with E-state index in [2.05, 4.69) is 16.8 Å². The van der Waals surface area contributed by atoms with Crippen molar-refractivity contribution in [2.45, 2.75) is 19.8 Å². The molecule has 26 heavy (non-hydrogen) atoms. The molecule has 0 saturated heterocycles. The molecular weight excluding hydrogens is 350 g/mol. The van der Waals surface area contributed by atoms with Crippen LogP contribution in [0.4, 0.5) is 0 Å². The Balaban J connectivity index is 1.84. The molecule has 0 bridgehead atoms. The fraction of sp³-hybridized carbons (Fsp3) is 0.300. The number of carbonyl (C=O) groups is 1. The maximum Gasteiger partial charge on any atom is 0.377 e. The first-order valence-corrected chi connectivity index (χ1v) is 9.06. The lowest BCUT2D eigenvalue weighted by molar-refractivity contribution is -0.138. The van der Waals surface area contributed by atoms with E-state index in [1.165, 1.54) is 44.7 Å². The van der Waals surface area contributed by atoms with E-state index < -0.39 is 5.97 Å². The first-order chi connectivity index (χ1) is 12.6. The van der Waals surface area contributed by atoms with Crippen molar-refractivity contribution in [2.75, 3.05) is 14.2 Å². The van der Waals surface area contributed by atoms with Crippen LogP contribution < -0.4 is 4.74 Å². The van der Waals surface area contributed by atoms with E-state index in [9.17, 15) is 4.79 Å². The van der Waals surface area contributed by atoms with Gasteiger partial charge in [0, 0.05) is 16.9 Å². The van der Waals surface area contributed by atoms with Crippen LogP contribution in [0.2, 0.25) is 0 Å². The Morgan fingerprint density at radius 2 is 2.15 bits per heavy atom. The van der Waals surface area contributed by atoms with Crippen LogP contribution in [0.5, 0.6) is 5.75 Å². The molecule has 1 aromatic heterocycles. The Morgan fingerprint density at radius 3 is 2.85 bits per heavy atom. The number of methoxy groups -OCH3 is 2. The molecule has 0 unspecified atom stereocenters. The monoisotopic (exact) mass is 369 g/mol. The molecule has 0 N–H and O–H groups in total. The molecular formula is C20H19NO4S. The number of ether oxygens (including phenoxy) is 3. The van der Waals surface area contributed by atoms with E-state index in [0.717, 1.165) is 21.8 Å². The number of nitrogens with zero attached hydrogens (tertiary/aromatic N) is 1. The van der Waals surface area contributed by atoms with Crippen molar-refractivity contribution in [3.05, 3.63) is 46.9 Å². The van der Waals surface area contributed by atoms with E-state index >= 15 is 0 Å². The highest BCUT2D eigenvalue weighted by Gasteiger charge is 2.18. The molecule has 0 amide bonds. The number of hydrogen-bond donors (Lipinski definition) is 0. The third-order valence-corrected chi connectivity index (χ3v) is 4.64. The normalized spacial score (nSPS) is 13.6. The smallest absolute Gasteiger partial charge is 0.377 e. The van der Waals surface area contributed by atoms with Gasteiger partial charge in [0.1, 0.15) is 22.7 Å². The third kappa shape index (κ3) is 4.44. The average molecular weight is 369 g/mol. The predicted octanol–water partition coefficient (Wildman–Crippen LogP) is 3.92. The molecule has 1 fully saturated rings. The first-order valence-electron chi connectivity index (χ1n) is 8.18. The van der Waals surface area contributed by atoms with E-state index in [-0.39, 0.29) is 5.76 Å². The minimum Gasteiger partial charge on any atom is -0.500 e. The van der Waals surface area contributed by atoms with Gasteiger partial charge in [0.25, 0.3) is 0 Å². The zero-order chi connectivity index (χ0) is 18.5. The van der Waals surface area contributed by atoms with Crippen LogP contribution in [-0.2, 0) is 14.3 Å². The van der Waals surface area contributed by atoms with Gasteiger partial charge in [-0.3, -0.25) is 0 Å². The SMILES string of the molecule is CO/C=C(\Oc1cc(-c2nc(C#CC3CC3)cs2)ccc1C)C(=O)OC. The average Bonchev–Trinajstić information content (AvgIpc) is 3.36. The molecule has 1 aromatic carbocycles. The summed E-state index contributed by atoms with van der Waals surface area (Å²) in [6.07, 6.45) is 3.60.